The van der Waals surface area contributed by atoms with Crippen molar-refractivity contribution in [1.29, 1.82) is 0 Å². The average molecular weight is 281 g/mol. The summed E-state index contributed by atoms with van der Waals surface area (Å²) in [6.45, 7) is 3.05. The lowest BCUT2D eigenvalue weighted by Gasteiger charge is -2.08. The summed E-state index contributed by atoms with van der Waals surface area (Å²) in [5, 5.41) is 0. The SMILES string of the molecule is Cc1cn(Cc2ccccc2)c(OC=O)c1-c1ccco1. The number of carbonyl (C=O) groups is 1. The number of rotatable bonds is 5. The summed E-state index contributed by atoms with van der Waals surface area (Å²) in [5.41, 5.74) is 2.94. The van der Waals surface area contributed by atoms with Crippen LogP contribution in [0.25, 0.3) is 11.3 Å². The quantitative estimate of drug-likeness (QED) is 0.671. The van der Waals surface area contributed by atoms with E-state index in [9.17, 15) is 4.79 Å². The fourth-order valence-electron chi connectivity index (χ4n) is 2.46. The molecule has 0 radical (unpaired) electrons. The molecule has 0 saturated carbocycles. The minimum atomic E-state index is 0.447. The summed E-state index contributed by atoms with van der Waals surface area (Å²) in [4.78, 5) is 10.8. The number of hydrogen-bond donors (Lipinski definition) is 0. The molecule has 0 saturated heterocycles. The number of benzene rings is 1. The molecule has 1 aromatic carbocycles. The third kappa shape index (κ3) is 2.60. The van der Waals surface area contributed by atoms with Crippen molar-refractivity contribution in [3.63, 3.8) is 0 Å². The van der Waals surface area contributed by atoms with Gasteiger partial charge < -0.3 is 13.7 Å². The number of hydrogen-bond acceptors (Lipinski definition) is 3. The van der Waals surface area contributed by atoms with Gasteiger partial charge in [-0.1, -0.05) is 30.3 Å². The van der Waals surface area contributed by atoms with Crippen molar-refractivity contribution < 1.29 is 13.9 Å². The van der Waals surface area contributed by atoms with Gasteiger partial charge in [-0.2, -0.15) is 0 Å². The van der Waals surface area contributed by atoms with E-state index in [2.05, 4.69) is 0 Å². The number of ether oxygens (including phenoxy) is 1. The summed E-state index contributed by atoms with van der Waals surface area (Å²) >= 11 is 0. The maximum absolute atomic E-state index is 10.8. The normalized spacial score (nSPS) is 10.5. The highest BCUT2D eigenvalue weighted by Crippen LogP contribution is 2.35. The van der Waals surface area contributed by atoms with Crippen LogP contribution in [0.3, 0.4) is 0 Å². The minimum absolute atomic E-state index is 0.447. The molecule has 106 valence electrons. The van der Waals surface area contributed by atoms with Crippen molar-refractivity contribution in [3.05, 3.63) is 66.1 Å². The number of aryl methyl sites for hydroxylation is 1. The Kier molecular flexibility index (Phi) is 3.60. The van der Waals surface area contributed by atoms with Gasteiger partial charge in [-0.25, -0.2) is 0 Å². The highest BCUT2D eigenvalue weighted by molar-refractivity contribution is 5.70. The Labute approximate surface area is 122 Å². The third-order valence-corrected chi connectivity index (χ3v) is 3.34. The first-order valence-corrected chi connectivity index (χ1v) is 6.67. The van der Waals surface area contributed by atoms with Crippen LogP contribution >= 0.6 is 0 Å². The molecule has 0 N–H and O–H groups in total. The molecule has 0 bridgehead atoms. The van der Waals surface area contributed by atoms with E-state index in [1.807, 2.05) is 60.2 Å². The molecule has 4 nitrogen and oxygen atoms in total. The molecule has 0 atom stereocenters. The van der Waals surface area contributed by atoms with E-state index in [4.69, 9.17) is 9.15 Å². The van der Waals surface area contributed by atoms with E-state index in [-0.39, 0.29) is 0 Å². The molecule has 0 amide bonds. The van der Waals surface area contributed by atoms with E-state index >= 15 is 0 Å². The molecule has 3 aromatic rings. The zero-order valence-corrected chi connectivity index (χ0v) is 11.7. The smallest absolute Gasteiger partial charge is 0.299 e. The van der Waals surface area contributed by atoms with Gasteiger partial charge in [0.15, 0.2) is 0 Å². The fraction of sp³-hybridized carbons (Fsp3) is 0.118. The lowest BCUT2D eigenvalue weighted by molar-refractivity contribution is -0.121. The Morgan fingerprint density at radius 1 is 1.19 bits per heavy atom. The summed E-state index contributed by atoms with van der Waals surface area (Å²) < 4.78 is 12.6. The summed E-state index contributed by atoms with van der Waals surface area (Å²) in [6, 6.07) is 13.7. The van der Waals surface area contributed by atoms with Crippen LogP contribution in [0.5, 0.6) is 5.88 Å². The second-order valence-electron chi connectivity index (χ2n) is 4.80. The molecule has 21 heavy (non-hydrogen) atoms. The van der Waals surface area contributed by atoms with Gasteiger partial charge >= 0.3 is 0 Å². The number of carbonyl (C=O) groups excluding carboxylic acids is 1. The maximum Gasteiger partial charge on any atom is 0.299 e. The van der Waals surface area contributed by atoms with Gasteiger partial charge in [0, 0.05) is 6.20 Å². The monoisotopic (exact) mass is 281 g/mol. The molecule has 0 unspecified atom stereocenters. The van der Waals surface area contributed by atoms with E-state index in [0.29, 0.717) is 24.7 Å². The number of aromatic nitrogens is 1. The Balaban J connectivity index is 2.05. The molecule has 0 aliphatic heterocycles. The van der Waals surface area contributed by atoms with Crippen LogP contribution in [-0.2, 0) is 11.3 Å². The lowest BCUT2D eigenvalue weighted by Crippen LogP contribution is -2.03. The second-order valence-corrected chi connectivity index (χ2v) is 4.80. The van der Waals surface area contributed by atoms with Crippen molar-refractivity contribution in [2.45, 2.75) is 13.5 Å². The van der Waals surface area contributed by atoms with Crippen LogP contribution in [-0.4, -0.2) is 11.0 Å². The average Bonchev–Trinajstić information content (AvgIpc) is 3.09. The lowest BCUT2D eigenvalue weighted by atomic mass is 10.1. The Bertz CT molecular complexity index is 727. The maximum atomic E-state index is 10.8. The van der Waals surface area contributed by atoms with Gasteiger partial charge in [-0.05, 0) is 30.2 Å². The predicted octanol–water partition coefficient (Wildman–Crippen LogP) is 3.64. The zero-order valence-electron chi connectivity index (χ0n) is 11.7. The fourth-order valence-corrected chi connectivity index (χ4v) is 2.46. The largest absolute Gasteiger partial charge is 0.464 e. The van der Waals surface area contributed by atoms with Crippen LogP contribution in [0.2, 0.25) is 0 Å². The van der Waals surface area contributed by atoms with Crippen LogP contribution in [0.4, 0.5) is 0 Å². The van der Waals surface area contributed by atoms with Crippen LogP contribution in [0.1, 0.15) is 11.1 Å². The van der Waals surface area contributed by atoms with Gasteiger partial charge in [-0.3, -0.25) is 4.79 Å². The van der Waals surface area contributed by atoms with E-state index in [1.165, 1.54) is 0 Å². The Morgan fingerprint density at radius 3 is 2.67 bits per heavy atom. The second kappa shape index (κ2) is 5.71. The molecule has 0 spiro atoms. The van der Waals surface area contributed by atoms with E-state index in [1.54, 1.807) is 6.26 Å². The molecule has 0 fully saturated rings. The van der Waals surface area contributed by atoms with Gasteiger partial charge in [0.05, 0.1) is 18.4 Å². The molecule has 0 aliphatic carbocycles. The third-order valence-electron chi connectivity index (χ3n) is 3.34. The first-order chi connectivity index (χ1) is 10.3. The van der Waals surface area contributed by atoms with Gasteiger partial charge in [-0.15, -0.1) is 0 Å². The first kappa shape index (κ1) is 13.2. The van der Waals surface area contributed by atoms with E-state index < -0.39 is 0 Å². The standard InChI is InChI=1S/C17H15NO3/c1-13-10-18(11-14-6-3-2-4-7-14)17(21-12-19)16(13)15-8-5-9-20-15/h2-10,12H,11H2,1H3. The highest BCUT2D eigenvalue weighted by Gasteiger charge is 2.18. The molecule has 4 heteroatoms. The predicted molar refractivity (Wildman–Crippen MR) is 79.1 cm³/mol. The minimum Gasteiger partial charge on any atom is -0.464 e. The number of nitrogens with zero attached hydrogens (tertiary/aromatic N) is 1. The van der Waals surface area contributed by atoms with Gasteiger partial charge in [0.2, 0.25) is 5.88 Å². The molecule has 2 aromatic heterocycles. The molecular formula is C17H15NO3. The molecule has 0 aliphatic rings. The van der Waals surface area contributed by atoms with Gasteiger partial charge in [0.1, 0.15) is 5.76 Å². The Hall–Kier alpha value is -2.75. The summed E-state index contributed by atoms with van der Waals surface area (Å²) in [5.74, 6) is 1.19. The van der Waals surface area contributed by atoms with Gasteiger partial charge in [0.25, 0.3) is 6.47 Å². The summed E-state index contributed by atoms with van der Waals surface area (Å²) in [6.07, 6.45) is 3.57. The van der Waals surface area contributed by atoms with Crippen LogP contribution < -0.4 is 4.74 Å². The van der Waals surface area contributed by atoms with Crippen molar-refractivity contribution in [2.75, 3.05) is 0 Å². The van der Waals surface area contributed by atoms with Crippen LogP contribution in [0, 0.1) is 6.92 Å². The zero-order chi connectivity index (χ0) is 14.7. The van der Waals surface area contributed by atoms with E-state index in [0.717, 1.165) is 16.7 Å². The molecule has 2 heterocycles. The Morgan fingerprint density at radius 2 is 2.00 bits per heavy atom. The van der Waals surface area contributed by atoms with Crippen molar-refractivity contribution in [3.8, 4) is 17.2 Å². The first-order valence-electron chi connectivity index (χ1n) is 6.67. The molecular weight excluding hydrogens is 266 g/mol. The summed E-state index contributed by atoms with van der Waals surface area (Å²) in [7, 11) is 0. The highest BCUT2D eigenvalue weighted by atomic mass is 16.5. The molecule has 3 rings (SSSR count). The van der Waals surface area contributed by atoms with Crippen molar-refractivity contribution in [2.24, 2.45) is 0 Å². The van der Waals surface area contributed by atoms with Crippen molar-refractivity contribution >= 4 is 6.47 Å². The van der Waals surface area contributed by atoms with Crippen molar-refractivity contribution in [1.82, 2.24) is 4.57 Å². The topological polar surface area (TPSA) is 44.4 Å². The van der Waals surface area contributed by atoms with Crippen LogP contribution in [0.15, 0.2) is 59.3 Å². The number of furan rings is 1.